The van der Waals surface area contributed by atoms with E-state index in [-0.39, 0.29) is 0 Å². The van der Waals surface area contributed by atoms with E-state index in [1.165, 1.54) is 11.1 Å². The summed E-state index contributed by atoms with van der Waals surface area (Å²) >= 11 is 0. The molecule has 23 heavy (non-hydrogen) atoms. The molecule has 0 aliphatic carbocycles. The van der Waals surface area contributed by atoms with Crippen molar-refractivity contribution >= 4 is 0 Å². The first-order valence-electron chi connectivity index (χ1n) is 8.24. The Balaban J connectivity index is 1.54. The first-order valence-corrected chi connectivity index (χ1v) is 8.24. The summed E-state index contributed by atoms with van der Waals surface area (Å²) in [5.74, 6) is 1.49. The number of furan rings is 1. The molecule has 1 aromatic heterocycles. The third-order valence-corrected chi connectivity index (χ3v) is 4.11. The van der Waals surface area contributed by atoms with Gasteiger partial charge < -0.3 is 9.73 Å². The average Bonchev–Trinajstić information content (AvgIpc) is 3.14. The van der Waals surface area contributed by atoms with E-state index in [1.54, 1.807) is 6.26 Å². The van der Waals surface area contributed by atoms with Gasteiger partial charge in [-0.15, -0.1) is 0 Å². The van der Waals surface area contributed by atoms with E-state index in [9.17, 15) is 0 Å². The summed E-state index contributed by atoms with van der Waals surface area (Å²) in [5, 5.41) is 3.54. The SMILES string of the molecule is c1ccc(CNCC[C@@H](Cc2ccccc2)c2ccco2)cc1. The summed E-state index contributed by atoms with van der Waals surface area (Å²) in [6, 6.07) is 25.2. The van der Waals surface area contributed by atoms with Crippen molar-refractivity contribution in [2.24, 2.45) is 0 Å². The Labute approximate surface area is 138 Å². The number of rotatable bonds is 8. The Morgan fingerprint density at radius 2 is 1.48 bits per heavy atom. The highest BCUT2D eigenvalue weighted by Crippen LogP contribution is 2.24. The van der Waals surface area contributed by atoms with Gasteiger partial charge in [0.1, 0.15) is 5.76 Å². The van der Waals surface area contributed by atoms with Gasteiger partial charge in [0.05, 0.1) is 6.26 Å². The van der Waals surface area contributed by atoms with E-state index in [0.29, 0.717) is 5.92 Å². The van der Waals surface area contributed by atoms with Crippen molar-refractivity contribution in [3.05, 3.63) is 95.9 Å². The monoisotopic (exact) mass is 305 g/mol. The van der Waals surface area contributed by atoms with Crippen molar-refractivity contribution in [2.45, 2.75) is 25.3 Å². The topological polar surface area (TPSA) is 25.2 Å². The van der Waals surface area contributed by atoms with Crippen LogP contribution in [-0.4, -0.2) is 6.54 Å². The van der Waals surface area contributed by atoms with Crippen LogP contribution in [0, 0.1) is 0 Å². The Morgan fingerprint density at radius 3 is 2.13 bits per heavy atom. The van der Waals surface area contributed by atoms with E-state index in [0.717, 1.165) is 31.7 Å². The molecule has 0 radical (unpaired) electrons. The van der Waals surface area contributed by atoms with Crippen LogP contribution in [0.25, 0.3) is 0 Å². The molecule has 3 aromatic rings. The molecule has 0 aliphatic heterocycles. The number of hydrogen-bond donors (Lipinski definition) is 1. The molecule has 3 rings (SSSR count). The molecule has 2 heteroatoms. The minimum atomic E-state index is 0.413. The van der Waals surface area contributed by atoms with Crippen LogP contribution in [0.1, 0.15) is 29.2 Å². The molecule has 0 amide bonds. The smallest absolute Gasteiger partial charge is 0.107 e. The second kappa shape index (κ2) is 8.35. The van der Waals surface area contributed by atoms with Gasteiger partial charge in [-0.3, -0.25) is 0 Å². The second-order valence-electron chi connectivity index (χ2n) is 5.85. The number of hydrogen-bond acceptors (Lipinski definition) is 2. The molecule has 0 saturated heterocycles. The zero-order valence-electron chi connectivity index (χ0n) is 13.3. The largest absolute Gasteiger partial charge is 0.469 e. The fourth-order valence-electron chi connectivity index (χ4n) is 2.87. The average molecular weight is 305 g/mol. The predicted molar refractivity (Wildman–Crippen MR) is 94.4 cm³/mol. The van der Waals surface area contributed by atoms with Crippen molar-refractivity contribution in [1.82, 2.24) is 5.32 Å². The Kier molecular flexibility index (Phi) is 5.65. The normalized spacial score (nSPS) is 12.2. The fraction of sp³-hybridized carbons (Fsp3) is 0.238. The maximum atomic E-state index is 5.66. The molecule has 1 heterocycles. The van der Waals surface area contributed by atoms with Gasteiger partial charge in [0.25, 0.3) is 0 Å². The van der Waals surface area contributed by atoms with Gasteiger partial charge in [-0.2, -0.15) is 0 Å². The summed E-state index contributed by atoms with van der Waals surface area (Å²) in [4.78, 5) is 0. The molecule has 0 unspecified atom stereocenters. The highest BCUT2D eigenvalue weighted by molar-refractivity contribution is 5.19. The lowest BCUT2D eigenvalue weighted by Crippen LogP contribution is -2.18. The molecule has 2 aromatic carbocycles. The zero-order valence-corrected chi connectivity index (χ0v) is 13.3. The van der Waals surface area contributed by atoms with Crippen LogP contribution in [0.15, 0.2) is 83.5 Å². The van der Waals surface area contributed by atoms with Crippen LogP contribution in [0.4, 0.5) is 0 Å². The molecule has 0 bridgehead atoms. The molecule has 0 spiro atoms. The minimum absolute atomic E-state index is 0.413. The molecule has 118 valence electrons. The Morgan fingerprint density at radius 1 is 0.783 bits per heavy atom. The van der Waals surface area contributed by atoms with Crippen LogP contribution in [0.2, 0.25) is 0 Å². The van der Waals surface area contributed by atoms with Gasteiger partial charge in [0.15, 0.2) is 0 Å². The van der Waals surface area contributed by atoms with Gasteiger partial charge in [-0.05, 0) is 42.6 Å². The summed E-state index contributed by atoms with van der Waals surface area (Å²) in [6.45, 7) is 1.89. The van der Waals surface area contributed by atoms with E-state index < -0.39 is 0 Å². The molecular weight excluding hydrogens is 282 g/mol. The van der Waals surface area contributed by atoms with Crippen LogP contribution in [0.3, 0.4) is 0 Å². The van der Waals surface area contributed by atoms with Crippen molar-refractivity contribution in [3.63, 3.8) is 0 Å². The maximum absolute atomic E-state index is 5.66. The standard InChI is InChI=1S/C21H23NO/c1-3-8-18(9-4-1)16-20(21-12-7-15-23-21)13-14-22-17-19-10-5-2-6-11-19/h1-12,15,20,22H,13-14,16-17H2/t20-/m0/s1. The zero-order chi connectivity index (χ0) is 15.7. The van der Waals surface area contributed by atoms with Gasteiger partial charge in [-0.1, -0.05) is 60.7 Å². The number of nitrogens with one attached hydrogen (secondary N) is 1. The Bertz CT molecular complexity index is 662. The second-order valence-corrected chi connectivity index (χ2v) is 5.85. The summed E-state index contributed by atoms with van der Waals surface area (Å²) < 4.78 is 5.66. The fourth-order valence-corrected chi connectivity index (χ4v) is 2.87. The first-order chi connectivity index (χ1) is 11.4. The third kappa shape index (κ3) is 4.83. The minimum Gasteiger partial charge on any atom is -0.469 e. The van der Waals surface area contributed by atoms with E-state index in [2.05, 4.69) is 72.0 Å². The maximum Gasteiger partial charge on any atom is 0.107 e. The lowest BCUT2D eigenvalue weighted by atomic mass is 9.94. The van der Waals surface area contributed by atoms with Gasteiger partial charge in [0, 0.05) is 12.5 Å². The van der Waals surface area contributed by atoms with Gasteiger partial charge in [-0.25, -0.2) is 0 Å². The van der Waals surface area contributed by atoms with Crippen LogP contribution >= 0.6 is 0 Å². The van der Waals surface area contributed by atoms with Crippen LogP contribution in [-0.2, 0) is 13.0 Å². The summed E-state index contributed by atoms with van der Waals surface area (Å²) in [5.41, 5.74) is 2.68. The quantitative estimate of drug-likeness (QED) is 0.606. The lowest BCUT2D eigenvalue weighted by molar-refractivity contribution is 0.436. The van der Waals surface area contributed by atoms with Gasteiger partial charge in [0.2, 0.25) is 0 Å². The molecule has 0 aliphatic rings. The molecule has 1 N–H and O–H groups in total. The van der Waals surface area contributed by atoms with Crippen molar-refractivity contribution in [1.29, 1.82) is 0 Å². The molecule has 0 fully saturated rings. The van der Waals surface area contributed by atoms with Crippen LogP contribution in [0.5, 0.6) is 0 Å². The van der Waals surface area contributed by atoms with E-state index in [1.807, 2.05) is 6.07 Å². The van der Waals surface area contributed by atoms with Gasteiger partial charge >= 0.3 is 0 Å². The highest BCUT2D eigenvalue weighted by Gasteiger charge is 2.14. The summed E-state index contributed by atoms with van der Waals surface area (Å²) in [7, 11) is 0. The molecular formula is C21H23NO. The van der Waals surface area contributed by atoms with E-state index in [4.69, 9.17) is 4.42 Å². The van der Waals surface area contributed by atoms with Crippen molar-refractivity contribution < 1.29 is 4.42 Å². The first kappa shape index (κ1) is 15.6. The Hall–Kier alpha value is -2.32. The highest BCUT2D eigenvalue weighted by atomic mass is 16.3. The third-order valence-electron chi connectivity index (χ3n) is 4.11. The van der Waals surface area contributed by atoms with Crippen molar-refractivity contribution in [3.8, 4) is 0 Å². The lowest BCUT2D eigenvalue weighted by Gasteiger charge is -2.15. The van der Waals surface area contributed by atoms with Crippen LogP contribution < -0.4 is 5.32 Å². The predicted octanol–water partition coefficient (Wildman–Crippen LogP) is 4.79. The number of benzene rings is 2. The molecule has 0 saturated carbocycles. The van der Waals surface area contributed by atoms with E-state index >= 15 is 0 Å². The molecule has 2 nitrogen and oxygen atoms in total. The summed E-state index contributed by atoms with van der Waals surface area (Å²) in [6.07, 6.45) is 3.85. The van der Waals surface area contributed by atoms with Crippen molar-refractivity contribution in [2.75, 3.05) is 6.54 Å². The molecule has 1 atom stereocenters.